The second-order valence-electron chi connectivity index (χ2n) is 6.63. The molecule has 2 aromatic rings. The number of halogens is 1. The van der Waals surface area contributed by atoms with Crippen molar-refractivity contribution in [2.75, 3.05) is 17.6 Å². The minimum Gasteiger partial charge on any atom is -0.481 e. The van der Waals surface area contributed by atoms with Gasteiger partial charge in [-0.05, 0) is 24.3 Å². The van der Waals surface area contributed by atoms with Crippen LogP contribution in [0.4, 0.5) is 10.3 Å². The number of anilines is 1. The van der Waals surface area contributed by atoms with E-state index in [0.29, 0.717) is 16.8 Å². The van der Waals surface area contributed by atoms with E-state index in [0.717, 1.165) is 10.6 Å². The first-order valence-corrected chi connectivity index (χ1v) is 10.6. The van der Waals surface area contributed by atoms with Gasteiger partial charge in [-0.15, -0.1) is 0 Å². The Morgan fingerprint density at radius 2 is 1.90 bits per heavy atom. The summed E-state index contributed by atoms with van der Waals surface area (Å²) in [5.41, 5.74) is 1.19. The summed E-state index contributed by atoms with van der Waals surface area (Å²) in [6, 6.07) is 5.38. The van der Waals surface area contributed by atoms with Gasteiger partial charge in [0.2, 0.25) is 16.0 Å². The fourth-order valence-electron chi connectivity index (χ4n) is 2.50. The lowest BCUT2D eigenvalue weighted by Crippen LogP contribution is -2.27. The summed E-state index contributed by atoms with van der Waals surface area (Å²) >= 11 is 0. The molecular formula is C19H22FN3O6S. The van der Waals surface area contributed by atoms with Crippen LogP contribution in [0.15, 0.2) is 36.5 Å². The van der Waals surface area contributed by atoms with Crippen molar-refractivity contribution in [1.29, 1.82) is 0 Å². The molecule has 0 saturated heterocycles. The van der Waals surface area contributed by atoms with E-state index < -0.39 is 40.4 Å². The zero-order valence-electron chi connectivity index (χ0n) is 16.3. The highest BCUT2D eigenvalue weighted by Gasteiger charge is 2.18. The summed E-state index contributed by atoms with van der Waals surface area (Å²) in [4.78, 5) is 18.9. The van der Waals surface area contributed by atoms with E-state index in [1.165, 1.54) is 49.7 Å². The van der Waals surface area contributed by atoms with Gasteiger partial charge in [0.15, 0.2) is 0 Å². The molecule has 0 saturated carbocycles. The van der Waals surface area contributed by atoms with Gasteiger partial charge in [0.25, 0.3) is 0 Å². The van der Waals surface area contributed by atoms with E-state index in [9.17, 15) is 27.8 Å². The maximum atomic E-state index is 13.3. The van der Waals surface area contributed by atoms with E-state index >= 15 is 0 Å². The summed E-state index contributed by atoms with van der Waals surface area (Å²) in [6.45, 7) is 0. The van der Waals surface area contributed by atoms with E-state index in [-0.39, 0.29) is 12.4 Å². The summed E-state index contributed by atoms with van der Waals surface area (Å²) in [5.74, 6) is -1.73. The SMILES string of the molecule is CN(c1ncc(/C=C/[C@@H](O)C[C@@H](O)CC(=O)O)c(-c2ccc(F)cc2)n1)S(C)(=O)=O. The monoisotopic (exact) mass is 439 g/mol. The number of aliphatic hydroxyl groups is 2. The van der Waals surface area contributed by atoms with Gasteiger partial charge in [-0.2, -0.15) is 0 Å². The van der Waals surface area contributed by atoms with Crippen LogP contribution in [0, 0.1) is 5.82 Å². The molecule has 30 heavy (non-hydrogen) atoms. The number of sulfonamides is 1. The molecule has 0 aliphatic carbocycles. The molecular weight excluding hydrogens is 417 g/mol. The second-order valence-corrected chi connectivity index (χ2v) is 8.64. The minimum absolute atomic E-state index is 0.0913. The average molecular weight is 439 g/mol. The molecule has 1 aromatic carbocycles. The van der Waals surface area contributed by atoms with E-state index in [4.69, 9.17) is 5.11 Å². The van der Waals surface area contributed by atoms with Gasteiger partial charge in [0.05, 0.1) is 30.6 Å². The number of carboxylic acids is 1. The lowest BCUT2D eigenvalue weighted by Gasteiger charge is -2.16. The van der Waals surface area contributed by atoms with Crippen LogP contribution >= 0.6 is 0 Å². The quantitative estimate of drug-likeness (QED) is 0.531. The Bertz CT molecular complexity index is 1030. The van der Waals surface area contributed by atoms with Crippen molar-refractivity contribution in [1.82, 2.24) is 9.97 Å². The van der Waals surface area contributed by atoms with Crippen LogP contribution in [0.5, 0.6) is 0 Å². The number of hydrogen-bond acceptors (Lipinski definition) is 7. The fourth-order valence-corrected chi connectivity index (χ4v) is 2.88. The van der Waals surface area contributed by atoms with Gasteiger partial charge in [0.1, 0.15) is 5.82 Å². The van der Waals surface area contributed by atoms with Crippen molar-refractivity contribution in [3.05, 3.63) is 47.9 Å². The Morgan fingerprint density at radius 3 is 2.47 bits per heavy atom. The largest absolute Gasteiger partial charge is 0.481 e. The third-order valence-corrected chi connectivity index (χ3v) is 5.28. The summed E-state index contributed by atoms with van der Waals surface area (Å²) in [5, 5.41) is 28.3. The minimum atomic E-state index is -3.61. The lowest BCUT2D eigenvalue weighted by atomic mass is 10.0. The van der Waals surface area contributed by atoms with Gasteiger partial charge in [0, 0.05) is 30.8 Å². The maximum absolute atomic E-state index is 13.3. The Hall–Kier alpha value is -2.89. The van der Waals surface area contributed by atoms with Gasteiger partial charge < -0.3 is 15.3 Å². The van der Waals surface area contributed by atoms with Crippen LogP contribution in [-0.4, -0.2) is 65.2 Å². The molecule has 9 nitrogen and oxygen atoms in total. The molecule has 11 heteroatoms. The van der Waals surface area contributed by atoms with Crippen molar-refractivity contribution in [3.63, 3.8) is 0 Å². The predicted molar refractivity (Wildman–Crippen MR) is 109 cm³/mol. The van der Waals surface area contributed by atoms with Gasteiger partial charge in [-0.25, -0.2) is 27.1 Å². The highest BCUT2D eigenvalue weighted by Crippen LogP contribution is 2.25. The van der Waals surface area contributed by atoms with Crippen LogP contribution in [-0.2, 0) is 14.8 Å². The second kappa shape index (κ2) is 9.74. The first kappa shape index (κ1) is 23.4. The van der Waals surface area contributed by atoms with Crippen molar-refractivity contribution < 1.29 is 32.9 Å². The fraction of sp³-hybridized carbons (Fsp3) is 0.316. The summed E-state index contributed by atoms with van der Waals surface area (Å²) in [6.07, 6.45) is 2.09. The summed E-state index contributed by atoms with van der Waals surface area (Å²) < 4.78 is 37.8. The van der Waals surface area contributed by atoms with Crippen molar-refractivity contribution >= 4 is 28.0 Å². The molecule has 0 spiro atoms. The molecule has 1 heterocycles. The summed E-state index contributed by atoms with van der Waals surface area (Å²) in [7, 11) is -2.32. The Morgan fingerprint density at radius 1 is 1.27 bits per heavy atom. The molecule has 0 radical (unpaired) electrons. The van der Waals surface area contributed by atoms with Crippen molar-refractivity contribution in [3.8, 4) is 11.3 Å². The van der Waals surface area contributed by atoms with Crippen molar-refractivity contribution in [2.45, 2.75) is 25.0 Å². The van der Waals surface area contributed by atoms with Crippen LogP contribution in [0.3, 0.4) is 0 Å². The normalized spacial score (nSPS) is 13.9. The van der Waals surface area contributed by atoms with Gasteiger partial charge in [-0.1, -0.05) is 12.2 Å². The number of carboxylic acid groups (broad SMARTS) is 1. The first-order valence-electron chi connectivity index (χ1n) is 8.80. The molecule has 3 N–H and O–H groups in total. The van der Waals surface area contributed by atoms with Gasteiger partial charge in [-0.3, -0.25) is 4.79 Å². The lowest BCUT2D eigenvalue weighted by molar-refractivity contribution is -0.139. The topological polar surface area (TPSA) is 141 Å². The van der Waals surface area contributed by atoms with Crippen LogP contribution in [0.2, 0.25) is 0 Å². The molecule has 2 rings (SSSR count). The molecule has 0 unspecified atom stereocenters. The average Bonchev–Trinajstić information content (AvgIpc) is 2.65. The van der Waals surface area contributed by atoms with E-state index in [1.807, 2.05) is 0 Å². The number of nitrogens with zero attached hydrogens (tertiary/aromatic N) is 3. The van der Waals surface area contributed by atoms with Crippen LogP contribution < -0.4 is 4.31 Å². The molecule has 0 bridgehead atoms. The number of benzene rings is 1. The first-order chi connectivity index (χ1) is 14.0. The zero-order valence-corrected chi connectivity index (χ0v) is 17.1. The number of rotatable bonds is 9. The zero-order chi connectivity index (χ0) is 22.5. The van der Waals surface area contributed by atoms with Crippen LogP contribution in [0.25, 0.3) is 17.3 Å². The van der Waals surface area contributed by atoms with Crippen molar-refractivity contribution in [2.24, 2.45) is 0 Å². The Kier molecular flexibility index (Phi) is 7.59. The smallest absolute Gasteiger partial charge is 0.305 e. The maximum Gasteiger partial charge on any atom is 0.305 e. The molecule has 0 aliphatic rings. The molecule has 0 aliphatic heterocycles. The molecule has 162 valence electrons. The number of carbonyl (C=O) groups is 1. The number of aliphatic hydroxyl groups excluding tert-OH is 2. The number of hydrogen-bond donors (Lipinski definition) is 3. The molecule has 1 aromatic heterocycles. The molecule has 2 atom stereocenters. The van der Waals surface area contributed by atoms with Crippen LogP contribution in [0.1, 0.15) is 18.4 Å². The third kappa shape index (κ3) is 6.58. The highest BCUT2D eigenvalue weighted by atomic mass is 32.2. The molecule has 0 fully saturated rings. The highest BCUT2D eigenvalue weighted by molar-refractivity contribution is 7.92. The van der Waals surface area contributed by atoms with E-state index in [2.05, 4.69) is 9.97 Å². The third-order valence-electron chi connectivity index (χ3n) is 4.12. The Balaban J connectivity index is 2.38. The predicted octanol–water partition coefficient (Wildman–Crippen LogP) is 1.28. The number of aliphatic carboxylic acids is 1. The number of aromatic nitrogens is 2. The standard InChI is InChI=1S/C19H22FN3O6S/c1-23(30(2,28)29)19-21-11-13(5-8-15(24)9-16(25)10-17(26)27)18(22-19)12-3-6-14(20)7-4-12/h3-8,11,15-16,24-25H,9-10H2,1-2H3,(H,26,27)/b8-5+/t15-,16-/m1/s1. The van der Waals surface area contributed by atoms with E-state index in [1.54, 1.807) is 0 Å². The Labute approximate surface area is 173 Å². The van der Waals surface area contributed by atoms with Gasteiger partial charge >= 0.3 is 5.97 Å². The molecule has 0 amide bonds.